The number of nitrogens with one attached hydrogen (secondary N) is 1. The van der Waals surface area contributed by atoms with Crippen molar-refractivity contribution in [3.8, 4) is 0 Å². The van der Waals surface area contributed by atoms with Gasteiger partial charge < -0.3 is 10.4 Å². The second kappa shape index (κ2) is 5.88. The Kier molecular flexibility index (Phi) is 4.78. The SMILES string of the molecule is CCCNCC(O)c1cnn(C(C)C)c1. The second-order valence-corrected chi connectivity index (χ2v) is 4.07. The van der Waals surface area contributed by atoms with Crippen molar-refractivity contribution in [2.75, 3.05) is 13.1 Å². The van der Waals surface area contributed by atoms with Crippen LogP contribution in [-0.2, 0) is 0 Å². The molecule has 0 fully saturated rings. The van der Waals surface area contributed by atoms with Crippen LogP contribution in [0.3, 0.4) is 0 Å². The zero-order valence-electron chi connectivity index (χ0n) is 9.77. The molecule has 1 heterocycles. The molecule has 0 saturated carbocycles. The fourth-order valence-electron chi connectivity index (χ4n) is 1.34. The first kappa shape index (κ1) is 12.2. The molecule has 0 aliphatic heterocycles. The van der Waals surface area contributed by atoms with Gasteiger partial charge in [0.15, 0.2) is 0 Å². The van der Waals surface area contributed by atoms with Crippen molar-refractivity contribution in [2.24, 2.45) is 0 Å². The van der Waals surface area contributed by atoms with E-state index in [0.717, 1.165) is 18.5 Å². The molecular formula is C11H21N3O. The lowest BCUT2D eigenvalue weighted by Crippen LogP contribution is -2.21. The molecule has 0 aliphatic rings. The highest BCUT2D eigenvalue weighted by Gasteiger charge is 2.10. The summed E-state index contributed by atoms with van der Waals surface area (Å²) in [5, 5.41) is 17.2. The molecule has 0 bridgehead atoms. The fraction of sp³-hybridized carbons (Fsp3) is 0.727. The maximum absolute atomic E-state index is 9.83. The number of aromatic nitrogens is 2. The molecule has 1 rings (SSSR count). The first-order chi connectivity index (χ1) is 7.15. The summed E-state index contributed by atoms with van der Waals surface area (Å²) >= 11 is 0. The lowest BCUT2D eigenvalue weighted by molar-refractivity contribution is 0.175. The Balaban J connectivity index is 2.47. The van der Waals surface area contributed by atoms with E-state index in [1.165, 1.54) is 0 Å². The first-order valence-electron chi connectivity index (χ1n) is 5.58. The molecule has 0 amide bonds. The van der Waals surface area contributed by atoms with Crippen LogP contribution in [0.2, 0.25) is 0 Å². The summed E-state index contributed by atoms with van der Waals surface area (Å²) in [6.45, 7) is 7.78. The van der Waals surface area contributed by atoms with Crippen molar-refractivity contribution in [3.05, 3.63) is 18.0 Å². The highest BCUT2D eigenvalue weighted by atomic mass is 16.3. The van der Waals surface area contributed by atoms with Crippen molar-refractivity contribution >= 4 is 0 Å². The van der Waals surface area contributed by atoms with Crippen molar-refractivity contribution in [1.82, 2.24) is 15.1 Å². The molecule has 1 aromatic heterocycles. The number of aliphatic hydroxyl groups is 1. The molecule has 1 aromatic rings. The van der Waals surface area contributed by atoms with E-state index in [-0.39, 0.29) is 0 Å². The Hall–Kier alpha value is -0.870. The highest BCUT2D eigenvalue weighted by Crippen LogP contribution is 2.13. The lowest BCUT2D eigenvalue weighted by atomic mass is 10.2. The van der Waals surface area contributed by atoms with E-state index in [9.17, 15) is 5.11 Å². The van der Waals surface area contributed by atoms with Crippen molar-refractivity contribution in [2.45, 2.75) is 39.3 Å². The third-order valence-corrected chi connectivity index (χ3v) is 2.30. The molecule has 15 heavy (non-hydrogen) atoms. The molecule has 4 heteroatoms. The molecule has 4 nitrogen and oxygen atoms in total. The van der Waals surface area contributed by atoms with Gasteiger partial charge in [-0.2, -0.15) is 5.10 Å². The number of hydrogen-bond donors (Lipinski definition) is 2. The van der Waals surface area contributed by atoms with E-state index in [0.29, 0.717) is 12.6 Å². The minimum absolute atomic E-state index is 0.342. The van der Waals surface area contributed by atoms with E-state index < -0.39 is 6.10 Å². The zero-order valence-corrected chi connectivity index (χ0v) is 9.77. The Bertz CT molecular complexity index is 283. The normalized spacial score (nSPS) is 13.4. The summed E-state index contributed by atoms with van der Waals surface area (Å²) in [5.41, 5.74) is 0.882. The van der Waals surface area contributed by atoms with Gasteiger partial charge in [-0.3, -0.25) is 4.68 Å². The monoisotopic (exact) mass is 211 g/mol. The summed E-state index contributed by atoms with van der Waals surface area (Å²) in [5.74, 6) is 0. The molecule has 0 aliphatic carbocycles. The summed E-state index contributed by atoms with van der Waals surface area (Å²) < 4.78 is 1.86. The van der Waals surface area contributed by atoms with E-state index in [4.69, 9.17) is 0 Å². The number of rotatable bonds is 6. The van der Waals surface area contributed by atoms with Gasteiger partial charge in [0.2, 0.25) is 0 Å². The molecule has 0 saturated heterocycles. The maximum atomic E-state index is 9.83. The minimum atomic E-state index is -0.455. The van der Waals surface area contributed by atoms with E-state index in [1.54, 1.807) is 6.20 Å². The fourth-order valence-corrected chi connectivity index (χ4v) is 1.34. The van der Waals surface area contributed by atoms with Crippen LogP contribution < -0.4 is 5.32 Å². The van der Waals surface area contributed by atoms with Crippen LogP contribution in [0.4, 0.5) is 0 Å². The van der Waals surface area contributed by atoms with Crippen molar-refractivity contribution in [3.63, 3.8) is 0 Å². The minimum Gasteiger partial charge on any atom is -0.387 e. The Morgan fingerprint density at radius 1 is 1.53 bits per heavy atom. The van der Waals surface area contributed by atoms with Gasteiger partial charge in [0.05, 0.1) is 12.3 Å². The van der Waals surface area contributed by atoms with Gasteiger partial charge in [-0.05, 0) is 26.8 Å². The average molecular weight is 211 g/mol. The third kappa shape index (κ3) is 3.64. The van der Waals surface area contributed by atoms with Crippen LogP contribution in [0.5, 0.6) is 0 Å². The van der Waals surface area contributed by atoms with Crippen LogP contribution in [0.15, 0.2) is 12.4 Å². The van der Waals surface area contributed by atoms with Gasteiger partial charge in [0.25, 0.3) is 0 Å². The summed E-state index contributed by atoms with van der Waals surface area (Å²) in [4.78, 5) is 0. The van der Waals surface area contributed by atoms with Crippen LogP contribution in [0.1, 0.15) is 44.9 Å². The molecule has 1 atom stereocenters. The number of hydrogen-bond acceptors (Lipinski definition) is 3. The van der Waals surface area contributed by atoms with Gasteiger partial charge in [-0.15, -0.1) is 0 Å². The molecule has 2 N–H and O–H groups in total. The lowest BCUT2D eigenvalue weighted by Gasteiger charge is -2.09. The number of nitrogens with zero attached hydrogens (tertiary/aromatic N) is 2. The predicted octanol–water partition coefficient (Wildman–Crippen LogP) is 1.50. The Morgan fingerprint density at radius 2 is 2.27 bits per heavy atom. The van der Waals surface area contributed by atoms with Crippen molar-refractivity contribution < 1.29 is 5.11 Å². The summed E-state index contributed by atoms with van der Waals surface area (Å²) in [6.07, 6.45) is 4.27. The van der Waals surface area contributed by atoms with Crippen LogP contribution in [0.25, 0.3) is 0 Å². The second-order valence-electron chi connectivity index (χ2n) is 4.07. The Labute approximate surface area is 91.3 Å². The molecular weight excluding hydrogens is 190 g/mol. The van der Waals surface area contributed by atoms with Crippen LogP contribution in [0, 0.1) is 0 Å². The van der Waals surface area contributed by atoms with Crippen molar-refractivity contribution in [1.29, 1.82) is 0 Å². The highest BCUT2D eigenvalue weighted by molar-refractivity contribution is 5.08. The first-order valence-corrected chi connectivity index (χ1v) is 5.58. The van der Waals surface area contributed by atoms with Gasteiger partial charge in [0, 0.05) is 24.3 Å². The topological polar surface area (TPSA) is 50.1 Å². The standard InChI is InChI=1S/C11H21N3O/c1-4-5-12-7-11(15)10-6-13-14(8-10)9(2)3/h6,8-9,11-12,15H,4-5,7H2,1-3H3. The third-order valence-electron chi connectivity index (χ3n) is 2.30. The molecule has 0 spiro atoms. The van der Waals surface area contributed by atoms with Crippen LogP contribution >= 0.6 is 0 Å². The maximum Gasteiger partial charge on any atom is 0.0944 e. The largest absolute Gasteiger partial charge is 0.387 e. The molecule has 0 radical (unpaired) electrons. The summed E-state index contributed by atoms with van der Waals surface area (Å²) in [7, 11) is 0. The van der Waals surface area contributed by atoms with Gasteiger partial charge in [-0.25, -0.2) is 0 Å². The van der Waals surface area contributed by atoms with Crippen LogP contribution in [-0.4, -0.2) is 28.0 Å². The quantitative estimate of drug-likeness (QED) is 0.701. The number of aliphatic hydroxyl groups excluding tert-OH is 1. The van der Waals surface area contributed by atoms with E-state index >= 15 is 0 Å². The predicted molar refractivity (Wildman–Crippen MR) is 60.7 cm³/mol. The average Bonchev–Trinajstić information content (AvgIpc) is 2.66. The van der Waals surface area contributed by atoms with Gasteiger partial charge in [0.1, 0.15) is 0 Å². The zero-order chi connectivity index (χ0) is 11.3. The van der Waals surface area contributed by atoms with E-state index in [2.05, 4.69) is 31.2 Å². The Morgan fingerprint density at radius 3 is 2.80 bits per heavy atom. The molecule has 1 unspecified atom stereocenters. The van der Waals surface area contributed by atoms with Gasteiger partial charge in [-0.1, -0.05) is 6.92 Å². The smallest absolute Gasteiger partial charge is 0.0944 e. The molecule has 0 aromatic carbocycles. The molecule has 86 valence electrons. The van der Waals surface area contributed by atoms with E-state index in [1.807, 2.05) is 10.9 Å². The summed E-state index contributed by atoms with van der Waals surface area (Å²) in [6, 6.07) is 0.342. The van der Waals surface area contributed by atoms with Gasteiger partial charge >= 0.3 is 0 Å².